The molecule has 6 heteroatoms. The van der Waals surface area contributed by atoms with Gasteiger partial charge in [0.25, 0.3) is 0 Å². The number of hydrogen-bond donors (Lipinski definition) is 1. The third-order valence-electron chi connectivity index (χ3n) is 4.71. The minimum absolute atomic E-state index is 0.254. The molecule has 2 aromatic heterocycles. The van der Waals surface area contributed by atoms with Gasteiger partial charge < -0.3 is 5.32 Å². The predicted molar refractivity (Wildman–Crippen MR) is 110 cm³/mol. The highest BCUT2D eigenvalue weighted by Crippen LogP contribution is 2.33. The largest absolute Gasteiger partial charge is 0.340 e. The number of halogens is 1. The molecule has 2 heterocycles. The first-order chi connectivity index (χ1) is 13.1. The van der Waals surface area contributed by atoms with Crippen LogP contribution in [0.5, 0.6) is 0 Å². The minimum atomic E-state index is -0.254. The van der Waals surface area contributed by atoms with E-state index in [-0.39, 0.29) is 5.82 Å². The Morgan fingerprint density at radius 3 is 2.56 bits per heavy atom. The van der Waals surface area contributed by atoms with E-state index in [0.29, 0.717) is 0 Å². The molecular formula is C21H19FN4S. The van der Waals surface area contributed by atoms with Crippen molar-refractivity contribution in [1.82, 2.24) is 14.5 Å². The van der Waals surface area contributed by atoms with Gasteiger partial charge in [-0.15, -0.1) is 11.8 Å². The van der Waals surface area contributed by atoms with Crippen LogP contribution in [0.15, 0.2) is 59.8 Å². The fraction of sp³-hybridized carbons (Fsp3) is 0.143. The number of benzene rings is 2. The normalized spacial score (nSPS) is 11.1. The van der Waals surface area contributed by atoms with Crippen molar-refractivity contribution in [3.63, 3.8) is 0 Å². The zero-order chi connectivity index (χ0) is 19.0. The van der Waals surface area contributed by atoms with E-state index in [2.05, 4.69) is 40.6 Å². The maximum atomic E-state index is 13.3. The summed E-state index contributed by atoms with van der Waals surface area (Å²) in [4.78, 5) is 10.2. The highest BCUT2D eigenvalue weighted by Gasteiger charge is 2.17. The van der Waals surface area contributed by atoms with Crippen LogP contribution >= 0.6 is 11.8 Å². The van der Waals surface area contributed by atoms with Gasteiger partial charge in [0.05, 0.1) is 5.39 Å². The van der Waals surface area contributed by atoms with Crippen molar-refractivity contribution in [3.8, 4) is 5.69 Å². The molecule has 0 aliphatic carbocycles. The Bertz CT molecular complexity index is 1120. The van der Waals surface area contributed by atoms with Crippen LogP contribution < -0.4 is 5.32 Å². The number of nitrogens with zero attached hydrogens (tertiary/aromatic N) is 3. The summed E-state index contributed by atoms with van der Waals surface area (Å²) in [5.41, 5.74) is 4.81. The Labute approximate surface area is 161 Å². The molecule has 4 aromatic rings. The van der Waals surface area contributed by atoms with Crippen molar-refractivity contribution in [2.45, 2.75) is 18.7 Å². The average molecular weight is 378 g/mol. The van der Waals surface area contributed by atoms with E-state index in [1.807, 2.05) is 23.6 Å². The van der Waals surface area contributed by atoms with Crippen LogP contribution in [0.1, 0.15) is 11.3 Å². The first kappa shape index (κ1) is 17.5. The monoisotopic (exact) mass is 378 g/mol. The SMILES string of the molecule is CSc1cccc(Nc2ncnc3c2c(C)c(C)n3-c2ccc(F)cc2)c1. The zero-order valence-corrected chi connectivity index (χ0v) is 16.1. The number of hydrogen-bond acceptors (Lipinski definition) is 4. The van der Waals surface area contributed by atoms with Crippen LogP contribution in [-0.2, 0) is 0 Å². The zero-order valence-electron chi connectivity index (χ0n) is 15.3. The highest BCUT2D eigenvalue weighted by molar-refractivity contribution is 7.98. The third-order valence-corrected chi connectivity index (χ3v) is 5.43. The lowest BCUT2D eigenvalue weighted by Crippen LogP contribution is -1.99. The first-order valence-corrected chi connectivity index (χ1v) is 9.80. The Balaban J connectivity index is 1.86. The summed E-state index contributed by atoms with van der Waals surface area (Å²) in [6, 6.07) is 14.7. The Hall–Kier alpha value is -2.86. The van der Waals surface area contributed by atoms with Crippen LogP contribution in [0.3, 0.4) is 0 Å². The summed E-state index contributed by atoms with van der Waals surface area (Å²) < 4.78 is 15.4. The van der Waals surface area contributed by atoms with Gasteiger partial charge in [-0.2, -0.15) is 0 Å². The molecule has 2 aromatic carbocycles. The van der Waals surface area contributed by atoms with Crippen LogP contribution in [0.2, 0.25) is 0 Å². The number of thioether (sulfide) groups is 1. The van der Waals surface area contributed by atoms with E-state index in [1.165, 1.54) is 17.0 Å². The highest BCUT2D eigenvalue weighted by atomic mass is 32.2. The van der Waals surface area contributed by atoms with Crippen molar-refractivity contribution in [2.75, 3.05) is 11.6 Å². The van der Waals surface area contributed by atoms with Crippen molar-refractivity contribution in [2.24, 2.45) is 0 Å². The molecule has 0 bridgehead atoms. The average Bonchev–Trinajstić information content (AvgIpc) is 2.94. The van der Waals surface area contributed by atoms with E-state index in [9.17, 15) is 4.39 Å². The second-order valence-corrected chi connectivity index (χ2v) is 7.18. The lowest BCUT2D eigenvalue weighted by molar-refractivity contribution is 0.627. The lowest BCUT2D eigenvalue weighted by Gasteiger charge is -2.09. The second kappa shape index (κ2) is 7.04. The molecule has 0 fully saturated rings. The molecule has 4 rings (SSSR count). The van der Waals surface area contributed by atoms with Crippen molar-refractivity contribution in [3.05, 3.63) is 71.9 Å². The summed E-state index contributed by atoms with van der Waals surface area (Å²) in [6.45, 7) is 4.10. The predicted octanol–water partition coefficient (Wildman–Crippen LogP) is 5.64. The van der Waals surface area contributed by atoms with Crippen LogP contribution in [0.4, 0.5) is 15.9 Å². The van der Waals surface area contributed by atoms with E-state index < -0.39 is 0 Å². The molecule has 0 aliphatic heterocycles. The molecule has 1 N–H and O–H groups in total. The maximum absolute atomic E-state index is 13.3. The summed E-state index contributed by atoms with van der Waals surface area (Å²) >= 11 is 1.70. The van der Waals surface area contributed by atoms with Gasteiger partial charge >= 0.3 is 0 Å². The van der Waals surface area contributed by atoms with E-state index >= 15 is 0 Å². The number of aromatic nitrogens is 3. The number of nitrogens with one attached hydrogen (secondary N) is 1. The molecule has 0 aliphatic rings. The van der Waals surface area contributed by atoms with Crippen LogP contribution in [-0.4, -0.2) is 20.8 Å². The molecule has 4 nitrogen and oxygen atoms in total. The van der Waals surface area contributed by atoms with Gasteiger partial charge in [-0.05, 0) is 68.1 Å². The van der Waals surface area contributed by atoms with Crippen LogP contribution in [0.25, 0.3) is 16.7 Å². The van der Waals surface area contributed by atoms with Gasteiger partial charge in [0.2, 0.25) is 0 Å². The molecular weight excluding hydrogens is 359 g/mol. The summed E-state index contributed by atoms with van der Waals surface area (Å²) in [5, 5.41) is 4.39. The molecule has 27 heavy (non-hydrogen) atoms. The van der Waals surface area contributed by atoms with Gasteiger partial charge in [0.15, 0.2) is 5.65 Å². The summed E-state index contributed by atoms with van der Waals surface area (Å²) in [6.07, 6.45) is 3.61. The maximum Gasteiger partial charge on any atom is 0.150 e. The summed E-state index contributed by atoms with van der Waals surface area (Å²) in [7, 11) is 0. The summed E-state index contributed by atoms with van der Waals surface area (Å²) in [5.74, 6) is 0.509. The topological polar surface area (TPSA) is 42.7 Å². The quantitative estimate of drug-likeness (QED) is 0.467. The van der Waals surface area contributed by atoms with Crippen molar-refractivity contribution < 1.29 is 4.39 Å². The van der Waals surface area contributed by atoms with Gasteiger partial charge in [-0.1, -0.05) is 6.07 Å². The number of fused-ring (bicyclic) bond motifs is 1. The Kier molecular flexibility index (Phi) is 4.58. The number of anilines is 2. The fourth-order valence-electron chi connectivity index (χ4n) is 3.24. The molecule has 0 saturated carbocycles. The van der Waals surface area contributed by atoms with Crippen molar-refractivity contribution >= 4 is 34.3 Å². The van der Waals surface area contributed by atoms with E-state index in [1.54, 1.807) is 30.2 Å². The molecule has 0 unspecified atom stereocenters. The van der Waals surface area contributed by atoms with Gasteiger partial charge in [0, 0.05) is 22.0 Å². The van der Waals surface area contributed by atoms with Crippen molar-refractivity contribution in [1.29, 1.82) is 0 Å². The van der Waals surface area contributed by atoms with E-state index in [0.717, 1.165) is 39.5 Å². The van der Waals surface area contributed by atoms with Gasteiger partial charge in [-0.3, -0.25) is 4.57 Å². The lowest BCUT2D eigenvalue weighted by atomic mass is 10.2. The third kappa shape index (κ3) is 3.17. The van der Waals surface area contributed by atoms with Crippen LogP contribution in [0, 0.1) is 19.7 Å². The molecule has 0 saturated heterocycles. The second-order valence-electron chi connectivity index (χ2n) is 6.30. The molecule has 136 valence electrons. The minimum Gasteiger partial charge on any atom is -0.340 e. The standard InChI is InChI=1S/C21H19FN4S/c1-13-14(2)26(17-9-7-15(22)8-10-17)21-19(13)20(23-12-24-21)25-16-5-4-6-18(11-16)27-3/h4-12H,1-3H3,(H,23,24,25). The van der Waals surface area contributed by atoms with Gasteiger partial charge in [0.1, 0.15) is 18.0 Å². The molecule has 0 atom stereocenters. The molecule has 0 amide bonds. The van der Waals surface area contributed by atoms with Gasteiger partial charge in [-0.25, -0.2) is 14.4 Å². The number of aryl methyl sites for hydroxylation is 1. The van der Waals surface area contributed by atoms with E-state index in [4.69, 9.17) is 0 Å². The fourth-order valence-corrected chi connectivity index (χ4v) is 3.70. The number of rotatable bonds is 4. The smallest absolute Gasteiger partial charge is 0.150 e. The Morgan fingerprint density at radius 2 is 1.81 bits per heavy atom. The molecule has 0 spiro atoms. The first-order valence-electron chi connectivity index (χ1n) is 8.58. The molecule has 0 radical (unpaired) electrons. The Morgan fingerprint density at radius 1 is 1.04 bits per heavy atom.